The third-order valence-electron chi connectivity index (χ3n) is 3.61. The highest BCUT2D eigenvalue weighted by atomic mass is 16.5. The van der Waals surface area contributed by atoms with Gasteiger partial charge in [0.25, 0.3) is 0 Å². The molecule has 0 radical (unpaired) electrons. The standard InChI is InChI=1S/C15H22N2O2/c1-17(13-5-2-4-12(10-13)11-16)15(18)8-7-14-6-3-9-19-14/h2,4-5,10,14H,3,6-9,11,16H2,1H3. The third-order valence-corrected chi connectivity index (χ3v) is 3.61. The van der Waals surface area contributed by atoms with E-state index in [4.69, 9.17) is 10.5 Å². The second-order valence-electron chi connectivity index (χ2n) is 5.00. The lowest BCUT2D eigenvalue weighted by molar-refractivity contribution is -0.118. The van der Waals surface area contributed by atoms with Crippen LogP contribution in [-0.2, 0) is 16.1 Å². The van der Waals surface area contributed by atoms with Gasteiger partial charge in [0.15, 0.2) is 0 Å². The molecule has 0 saturated carbocycles. The minimum Gasteiger partial charge on any atom is -0.378 e. The summed E-state index contributed by atoms with van der Waals surface area (Å²) in [6.07, 6.45) is 3.83. The molecular weight excluding hydrogens is 240 g/mol. The van der Waals surface area contributed by atoms with Crippen LogP contribution in [0, 0.1) is 0 Å². The van der Waals surface area contributed by atoms with Crippen LogP contribution < -0.4 is 10.6 Å². The summed E-state index contributed by atoms with van der Waals surface area (Å²) in [6, 6.07) is 7.79. The molecule has 1 aliphatic rings. The number of hydrogen-bond acceptors (Lipinski definition) is 3. The number of hydrogen-bond donors (Lipinski definition) is 1. The molecule has 0 aliphatic carbocycles. The van der Waals surface area contributed by atoms with E-state index in [1.807, 2.05) is 31.3 Å². The average molecular weight is 262 g/mol. The Bertz CT molecular complexity index is 428. The molecule has 4 nitrogen and oxygen atoms in total. The molecule has 1 unspecified atom stereocenters. The monoisotopic (exact) mass is 262 g/mol. The number of rotatable bonds is 5. The minimum atomic E-state index is 0.129. The Balaban J connectivity index is 1.89. The largest absolute Gasteiger partial charge is 0.378 e. The van der Waals surface area contributed by atoms with Gasteiger partial charge in [0.05, 0.1) is 6.10 Å². The first-order valence-electron chi connectivity index (χ1n) is 6.88. The number of carbonyl (C=O) groups excluding carboxylic acids is 1. The van der Waals surface area contributed by atoms with E-state index in [9.17, 15) is 4.79 Å². The number of benzene rings is 1. The quantitative estimate of drug-likeness (QED) is 0.883. The van der Waals surface area contributed by atoms with Crippen LogP contribution in [0.5, 0.6) is 0 Å². The Hall–Kier alpha value is -1.39. The SMILES string of the molecule is CN(C(=O)CCC1CCCO1)c1cccc(CN)c1. The number of carbonyl (C=O) groups is 1. The fraction of sp³-hybridized carbons (Fsp3) is 0.533. The summed E-state index contributed by atoms with van der Waals surface area (Å²) in [7, 11) is 1.81. The van der Waals surface area contributed by atoms with Gasteiger partial charge < -0.3 is 15.4 Å². The van der Waals surface area contributed by atoms with Gasteiger partial charge in [-0.15, -0.1) is 0 Å². The van der Waals surface area contributed by atoms with Crippen molar-refractivity contribution < 1.29 is 9.53 Å². The van der Waals surface area contributed by atoms with Crippen molar-refractivity contribution in [2.24, 2.45) is 5.73 Å². The van der Waals surface area contributed by atoms with Gasteiger partial charge in [0.2, 0.25) is 5.91 Å². The predicted molar refractivity (Wildman–Crippen MR) is 76.0 cm³/mol. The van der Waals surface area contributed by atoms with E-state index in [2.05, 4.69) is 0 Å². The zero-order valence-electron chi connectivity index (χ0n) is 11.5. The Kier molecular flexibility index (Phi) is 4.93. The lowest BCUT2D eigenvalue weighted by Crippen LogP contribution is -2.27. The molecule has 1 aliphatic heterocycles. The molecule has 19 heavy (non-hydrogen) atoms. The second-order valence-corrected chi connectivity index (χ2v) is 5.00. The zero-order chi connectivity index (χ0) is 13.7. The van der Waals surface area contributed by atoms with Crippen molar-refractivity contribution in [1.29, 1.82) is 0 Å². The molecule has 1 fully saturated rings. The molecule has 1 atom stereocenters. The van der Waals surface area contributed by atoms with Crippen LogP contribution in [0.15, 0.2) is 24.3 Å². The van der Waals surface area contributed by atoms with Crippen LogP contribution in [0.2, 0.25) is 0 Å². The number of nitrogens with two attached hydrogens (primary N) is 1. The summed E-state index contributed by atoms with van der Waals surface area (Å²) in [5.74, 6) is 0.129. The van der Waals surface area contributed by atoms with Crippen LogP contribution in [0.4, 0.5) is 5.69 Å². The minimum absolute atomic E-state index is 0.129. The molecule has 2 N–H and O–H groups in total. The lowest BCUT2D eigenvalue weighted by atomic mass is 10.1. The number of nitrogens with zero attached hydrogens (tertiary/aromatic N) is 1. The van der Waals surface area contributed by atoms with E-state index in [1.165, 1.54) is 0 Å². The summed E-state index contributed by atoms with van der Waals surface area (Å²) >= 11 is 0. The molecule has 0 aromatic heterocycles. The van der Waals surface area contributed by atoms with E-state index < -0.39 is 0 Å². The van der Waals surface area contributed by atoms with Gasteiger partial charge in [-0.1, -0.05) is 12.1 Å². The molecule has 0 bridgehead atoms. The van der Waals surface area contributed by atoms with Crippen molar-refractivity contribution >= 4 is 11.6 Å². The smallest absolute Gasteiger partial charge is 0.226 e. The van der Waals surface area contributed by atoms with Crippen molar-refractivity contribution in [1.82, 2.24) is 0 Å². The van der Waals surface area contributed by atoms with Crippen LogP contribution in [0.25, 0.3) is 0 Å². The maximum Gasteiger partial charge on any atom is 0.226 e. The van der Waals surface area contributed by atoms with Crippen LogP contribution in [-0.4, -0.2) is 25.7 Å². The topological polar surface area (TPSA) is 55.6 Å². The van der Waals surface area contributed by atoms with Crippen molar-refractivity contribution in [3.63, 3.8) is 0 Å². The van der Waals surface area contributed by atoms with Crippen molar-refractivity contribution in [3.8, 4) is 0 Å². The van der Waals surface area contributed by atoms with E-state index in [0.717, 1.165) is 37.1 Å². The fourth-order valence-electron chi connectivity index (χ4n) is 2.36. The molecule has 2 rings (SSSR count). The molecular formula is C15H22N2O2. The van der Waals surface area contributed by atoms with Crippen molar-refractivity contribution in [2.45, 2.75) is 38.3 Å². The summed E-state index contributed by atoms with van der Waals surface area (Å²) in [5.41, 5.74) is 7.56. The van der Waals surface area contributed by atoms with Gasteiger partial charge >= 0.3 is 0 Å². The number of amides is 1. The Morgan fingerprint density at radius 1 is 1.53 bits per heavy atom. The first-order valence-corrected chi connectivity index (χ1v) is 6.88. The maximum absolute atomic E-state index is 12.1. The molecule has 104 valence electrons. The summed E-state index contributed by atoms with van der Waals surface area (Å²) in [4.78, 5) is 13.8. The molecule has 1 saturated heterocycles. The summed E-state index contributed by atoms with van der Waals surface area (Å²) < 4.78 is 5.54. The Labute approximate surface area is 114 Å². The van der Waals surface area contributed by atoms with E-state index in [0.29, 0.717) is 13.0 Å². The average Bonchev–Trinajstić information content (AvgIpc) is 2.97. The highest BCUT2D eigenvalue weighted by Crippen LogP contribution is 2.19. The van der Waals surface area contributed by atoms with Gasteiger partial charge in [0.1, 0.15) is 0 Å². The first-order chi connectivity index (χ1) is 9.20. The molecule has 1 amide bonds. The van der Waals surface area contributed by atoms with Crippen LogP contribution >= 0.6 is 0 Å². The molecule has 1 heterocycles. The summed E-state index contributed by atoms with van der Waals surface area (Å²) in [5, 5.41) is 0. The van der Waals surface area contributed by atoms with Gasteiger partial charge in [0, 0.05) is 32.3 Å². The first kappa shape index (κ1) is 14.0. The van der Waals surface area contributed by atoms with Crippen LogP contribution in [0.3, 0.4) is 0 Å². The zero-order valence-corrected chi connectivity index (χ0v) is 11.5. The fourth-order valence-corrected chi connectivity index (χ4v) is 2.36. The Morgan fingerprint density at radius 2 is 2.37 bits per heavy atom. The number of anilines is 1. The van der Waals surface area contributed by atoms with Gasteiger partial charge in [-0.3, -0.25) is 4.79 Å². The highest BCUT2D eigenvalue weighted by Gasteiger charge is 2.18. The van der Waals surface area contributed by atoms with E-state index in [1.54, 1.807) is 4.90 Å². The molecule has 4 heteroatoms. The van der Waals surface area contributed by atoms with E-state index in [-0.39, 0.29) is 12.0 Å². The van der Waals surface area contributed by atoms with Gasteiger partial charge in [-0.05, 0) is 37.0 Å². The van der Waals surface area contributed by atoms with Crippen molar-refractivity contribution in [2.75, 3.05) is 18.6 Å². The third kappa shape index (κ3) is 3.78. The second kappa shape index (κ2) is 6.68. The van der Waals surface area contributed by atoms with Gasteiger partial charge in [-0.25, -0.2) is 0 Å². The van der Waals surface area contributed by atoms with Crippen molar-refractivity contribution in [3.05, 3.63) is 29.8 Å². The molecule has 1 aromatic rings. The van der Waals surface area contributed by atoms with Gasteiger partial charge in [-0.2, -0.15) is 0 Å². The lowest BCUT2D eigenvalue weighted by Gasteiger charge is -2.19. The summed E-state index contributed by atoms with van der Waals surface area (Å²) in [6.45, 7) is 1.33. The Morgan fingerprint density at radius 3 is 3.05 bits per heavy atom. The normalized spacial score (nSPS) is 18.5. The van der Waals surface area contributed by atoms with E-state index >= 15 is 0 Å². The molecule has 0 spiro atoms. The van der Waals surface area contributed by atoms with Crippen LogP contribution in [0.1, 0.15) is 31.2 Å². The number of ether oxygens (including phenoxy) is 1. The molecule has 1 aromatic carbocycles. The predicted octanol–water partition coefficient (Wildman–Crippen LogP) is 2.07. The maximum atomic E-state index is 12.1. The highest BCUT2D eigenvalue weighted by molar-refractivity contribution is 5.92.